The topological polar surface area (TPSA) is 45.2 Å². The number of nitrogens with zero attached hydrogens (tertiary/aromatic N) is 2. The number of aromatic nitrogens is 1. The maximum absolute atomic E-state index is 12.3. The molecule has 2 aromatic heterocycles. The summed E-state index contributed by atoms with van der Waals surface area (Å²) < 4.78 is 1.19. The summed E-state index contributed by atoms with van der Waals surface area (Å²) in [5, 5.41) is 6.12. The van der Waals surface area contributed by atoms with Crippen LogP contribution in [0.15, 0.2) is 41.8 Å². The van der Waals surface area contributed by atoms with Crippen molar-refractivity contribution in [2.75, 3.05) is 13.6 Å². The molecule has 0 saturated carbocycles. The molecular weight excluding hydrogens is 338 g/mol. The van der Waals surface area contributed by atoms with Crippen LogP contribution in [0.4, 0.5) is 0 Å². The number of para-hydroxylation sites is 1. The number of thiophene rings is 1. The molecule has 0 saturated heterocycles. The lowest BCUT2D eigenvalue weighted by atomic mass is 10.2. The van der Waals surface area contributed by atoms with Crippen molar-refractivity contribution in [1.82, 2.24) is 15.2 Å². The minimum Gasteiger partial charge on any atom is -0.354 e. The number of hydrogen-bond donors (Lipinski definition) is 1. The van der Waals surface area contributed by atoms with Crippen molar-refractivity contribution in [2.24, 2.45) is 0 Å². The Kier molecular flexibility index (Phi) is 5.60. The molecule has 0 aliphatic carbocycles. The van der Waals surface area contributed by atoms with Gasteiger partial charge in [0, 0.05) is 11.4 Å². The van der Waals surface area contributed by atoms with Gasteiger partial charge in [-0.1, -0.05) is 18.2 Å². The number of hydrogen-bond acceptors (Lipinski definition) is 5. The van der Waals surface area contributed by atoms with Crippen LogP contribution in [-0.4, -0.2) is 35.4 Å². The number of fused-ring (bicyclic) bond motifs is 1. The molecule has 4 nitrogen and oxygen atoms in total. The minimum absolute atomic E-state index is 0.0650. The molecule has 0 aliphatic rings. The fourth-order valence-electron chi connectivity index (χ4n) is 2.45. The van der Waals surface area contributed by atoms with Crippen LogP contribution >= 0.6 is 22.7 Å². The number of thiazole rings is 1. The van der Waals surface area contributed by atoms with Gasteiger partial charge in [-0.3, -0.25) is 9.69 Å². The van der Waals surface area contributed by atoms with E-state index in [4.69, 9.17) is 0 Å². The van der Waals surface area contributed by atoms with E-state index in [1.165, 1.54) is 9.58 Å². The Hall–Kier alpha value is -1.76. The predicted octanol–water partition coefficient (Wildman–Crippen LogP) is 3.54. The van der Waals surface area contributed by atoms with E-state index >= 15 is 0 Å². The summed E-state index contributed by atoms with van der Waals surface area (Å²) in [6, 6.07) is 12.1. The van der Waals surface area contributed by atoms with Gasteiger partial charge in [-0.15, -0.1) is 22.7 Å². The van der Waals surface area contributed by atoms with E-state index in [0.717, 1.165) is 16.9 Å². The number of carbonyl (C=O) groups excluding carboxylic acids is 1. The summed E-state index contributed by atoms with van der Waals surface area (Å²) in [7, 11) is 1.97. The van der Waals surface area contributed by atoms with Crippen molar-refractivity contribution in [2.45, 2.75) is 25.9 Å². The molecule has 1 unspecified atom stereocenters. The summed E-state index contributed by atoms with van der Waals surface area (Å²) in [4.78, 5) is 20.3. The summed E-state index contributed by atoms with van der Waals surface area (Å²) in [5.41, 5.74) is 1.03. The Labute approximate surface area is 150 Å². The highest BCUT2D eigenvalue weighted by Gasteiger charge is 2.19. The highest BCUT2D eigenvalue weighted by molar-refractivity contribution is 7.18. The second-order valence-corrected chi connectivity index (χ2v) is 7.93. The Bertz CT molecular complexity index is 765. The minimum atomic E-state index is -0.180. The second-order valence-electron chi connectivity index (χ2n) is 5.79. The number of nitrogens with one attached hydrogen (secondary N) is 1. The zero-order valence-corrected chi connectivity index (χ0v) is 15.5. The molecule has 0 aliphatic heterocycles. The van der Waals surface area contributed by atoms with Crippen LogP contribution < -0.4 is 5.32 Å². The van der Waals surface area contributed by atoms with E-state index in [2.05, 4.69) is 27.8 Å². The van der Waals surface area contributed by atoms with Crippen molar-refractivity contribution >= 4 is 38.8 Å². The third-order valence-corrected chi connectivity index (χ3v) is 5.97. The molecule has 6 heteroatoms. The first-order valence-corrected chi connectivity index (χ1v) is 9.68. The van der Waals surface area contributed by atoms with Gasteiger partial charge in [0.25, 0.3) is 0 Å². The molecule has 126 valence electrons. The molecule has 1 atom stereocenters. The Morgan fingerprint density at radius 1 is 1.29 bits per heavy atom. The number of benzene rings is 1. The highest BCUT2D eigenvalue weighted by atomic mass is 32.1. The van der Waals surface area contributed by atoms with Crippen LogP contribution in [-0.2, 0) is 17.8 Å². The number of carbonyl (C=O) groups is 1. The van der Waals surface area contributed by atoms with Crippen LogP contribution in [0.1, 0.15) is 16.8 Å². The Morgan fingerprint density at radius 2 is 2.12 bits per heavy atom. The first kappa shape index (κ1) is 17.1. The number of likely N-dealkylation sites (N-methyl/N-ethyl adjacent to an activating group) is 1. The zero-order chi connectivity index (χ0) is 16.9. The summed E-state index contributed by atoms with van der Waals surface area (Å²) in [6.45, 7) is 3.30. The fraction of sp³-hybridized carbons (Fsp3) is 0.333. The molecule has 0 radical (unpaired) electrons. The maximum atomic E-state index is 12.3. The van der Waals surface area contributed by atoms with Crippen LogP contribution in [0.2, 0.25) is 0 Å². The molecule has 0 fully saturated rings. The quantitative estimate of drug-likeness (QED) is 0.702. The van der Waals surface area contributed by atoms with E-state index in [1.807, 2.05) is 43.1 Å². The molecule has 0 bridgehead atoms. The normalized spacial score (nSPS) is 12.6. The number of rotatable bonds is 7. The summed E-state index contributed by atoms with van der Waals surface area (Å²) >= 11 is 3.41. The zero-order valence-electron chi connectivity index (χ0n) is 13.9. The van der Waals surface area contributed by atoms with E-state index in [9.17, 15) is 4.79 Å². The molecule has 1 amide bonds. The average molecular weight is 360 g/mol. The highest BCUT2D eigenvalue weighted by Crippen LogP contribution is 2.22. The molecule has 3 rings (SSSR count). The van der Waals surface area contributed by atoms with Crippen molar-refractivity contribution in [1.29, 1.82) is 0 Å². The SMILES string of the molecule is CC(C(=O)NCCc1cccs1)N(C)Cc1nc2ccccc2s1. The predicted molar refractivity (Wildman–Crippen MR) is 102 cm³/mol. The van der Waals surface area contributed by atoms with Crippen molar-refractivity contribution in [3.05, 3.63) is 51.7 Å². The van der Waals surface area contributed by atoms with Crippen LogP contribution in [0.25, 0.3) is 10.2 Å². The van der Waals surface area contributed by atoms with E-state index in [-0.39, 0.29) is 11.9 Å². The summed E-state index contributed by atoms with van der Waals surface area (Å²) in [6.07, 6.45) is 0.887. The lowest BCUT2D eigenvalue weighted by Crippen LogP contribution is -2.43. The van der Waals surface area contributed by atoms with Gasteiger partial charge in [0.15, 0.2) is 0 Å². The second kappa shape index (κ2) is 7.88. The summed E-state index contributed by atoms with van der Waals surface area (Å²) in [5.74, 6) is 0.0650. The van der Waals surface area contributed by atoms with E-state index < -0.39 is 0 Å². The average Bonchev–Trinajstić information content (AvgIpc) is 3.22. The molecule has 2 heterocycles. The first-order valence-electron chi connectivity index (χ1n) is 7.98. The maximum Gasteiger partial charge on any atom is 0.237 e. The van der Waals surface area contributed by atoms with Crippen LogP contribution in [0, 0.1) is 0 Å². The van der Waals surface area contributed by atoms with E-state index in [1.54, 1.807) is 22.7 Å². The van der Waals surface area contributed by atoms with Gasteiger partial charge >= 0.3 is 0 Å². The van der Waals surface area contributed by atoms with Gasteiger partial charge < -0.3 is 5.32 Å². The largest absolute Gasteiger partial charge is 0.354 e. The Balaban J connectivity index is 1.51. The van der Waals surface area contributed by atoms with Crippen LogP contribution in [0.3, 0.4) is 0 Å². The first-order chi connectivity index (χ1) is 11.6. The van der Waals surface area contributed by atoms with Gasteiger partial charge in [0.2, 0.25) is 5.91 Å². The number of amides is 1. The van der Waals surface area contributed by atoms with Crippen molar-refractivity contribution in [3.63, 3.8) is 0 Å². The smallest absolute Gasteiger partial charge is 0.237 e. The molecule has 1 aromatic carbocycles. The molecule has 3 aromatic rings. The Morgan fingerprint density at radius 3 is 2.88 bits per heavy atom. The third kappa shape index (κ3) is 4.20. The van der Waals surface area contributed by atoms with Crippen molar-refractivity contribution < 1.29 is 4.79 Å². The molecule has 0 spiro atoms. The molecule has 1 N–H and O–H groups in total. The standard InChI is InChI=1S/C18H21N3OS2/c1-13(18(22)19-10-9-14-6-5-11-23-14)21(2)12-17-20-15-7-3-4-8-16(15)24-17/h3-8,11,13H,9-10,12H2,1-2H3,(H,19,22). The van der Waals surface area contributed by atoms with Crippen molar-refractivity contribution in [3.8, 4) is 0 Å². The van der Waals surface area contributed by atoms with E-state index in [0.29, 0.717) is 13.1 Å². The van der Waals surface area contributed by atoms with Gasteiger partial charge in [-0.05, 0) is 44.0 Å². The lowest BCUT2D eigenvalue weighted by Gasteiger charge is -2.22. The monoisotopic (exact) mass is 359 g/mol. The van der Waals surface area contributed by atoms with Gasteiger partial charge in [0.1, 0.15) is 5.01 Å². The van der Waals surface area contributed by atoms with Gasteiger partial charge in [-0.25, -0.2) is 4.98 Å². The molecular formula is C18H21N3OS2. The lowest BCUT2D eigenvalue weighted by molar-refractivity contribution is -0.125. The molecule has 24 heavy (non-hydrogen) atoms. The van der Waals surface area contributed by atoms with Gasteiger partial charge in [-0.2, -0.15) is 0 Å². The third-order valence-electron chi connectivity index (χ3n) is 4.01. The van der Waals surface area contributed by atoms with Crippen LogP contribution in [0.5, 0.6) is 0 Å². The fourth-order valence-corrected chi connectivity index (χ4v) is 4.19. The van der Waals surface area contributed by atoms with Gasteiger partial charge in [0.05, 0.1) is 22.8 Å².